The summed E-state index contributed by atoms with van der Waals surface area (Å²) in [5.74, 6) is 0. The van der Waals surface area contributed by atoms with Crippen molar-refractivity contribution in [2.45, 2.75) is 13.5 Å². The number of aromatic nitrogens is 2. The number of nitro benzene ring substituents is 1. The van der Waals surface area contributed by atoms with Crippen LogP contribution in [0.4, 0.5) is 5.69 Å². The highest BCUT2D eigenvalue weighted by Gasteiger charge is 2.14. The summed E-state index contributed by atoms with van der Waals surface area (Å²) in [6, 6.07) is 6.67. The molecule has 1 aromatic carbocycles. The lowest BCUT2D eigenvalue weighted by atomic mass is 10.1. The first kappa shape index (κ1) is 10.4. The molecule has 0 radical (unpaired) electrons. The second kappa shape index (κ2) is 4.14. The molecule has 0 bridgehead atoms. The fraction of sp³-hybridized carbons (Fsp3) is 0.182. The first-order chi connectivity index (χ1) is 7.72. The summed E-state index contributed by atoms with van der Waals surface area (Å²) in [5, 5.41) is 15.0. The number of rotatable bonds is 3. The molecule has 1 heterocycles. The molecule has 0 spiro atoms. The maximum atomic E-state index is 10.8. The van der Waals surface area contributed by atoms with Crippen LogP contribution in [-0.2, 0) is 6.54 Å². The zero-order chi connectivity index (χ0) is 11.5. The molecule has 0 atom stereocenters. The highest BCUT2D eigenvalue weighted by atomic mass is 16.6. The molecular formula is C11H11N3O2. The van der Waals surface area contributed by atoms with Crippen molar-refractivity contribution in [2.24, 2.45) is 0 Å². The van der Waals surface area contributed by atoms with E-state index in [0.29, 0.717) is 5.56 Å². The Hall–Kier alpha value is -2.17. The van der Waals surface area contributed by atoms with Crippen LogP contribution < -0.4 is 0 Å². The third-order valence-corrected chi connectivity index (χ3v) is 2.37. The molecule has 82 valence electrons. The Bertz CT molecular complexity index is 519. The van der Waals surface area contributed by atoms with E-state index in [2.05, 4.69) is 5.10 Å². The molecule has 0 aliphatic rings. The van der Waals surface area contributed by atoms with E-state index in [9.17, 15) is 10.1 Å². The Morgan fingerprint density at radius 2 is 2.19 bits per heavy atom. The monoisotopic (exact) mass is 217 g/mol. The fourth-order valence-corrected chi connectivity index (χ4v) is 1.55. The topological polar surface area (TPSA) is 61.0 Å². The Labute approximate surface area is 92.5 Å². The molecular weight excluding hydrogens is 206 g/mol. The van der Waals surface area contributed by atoms with Gasteiger partial charge < -0.3 is 0 Å². The van der Waals surface area contributed by atoms with Crippen LogP contribution in [0.2, 0.25) is 0 Å². The van der Waals surface area contributed by atoms with Crippen molar-refractivity contribution >= 4 is 5.69 Å². The van der Waals surface area contributed by atoms with E-state index in [4.69, 9.17) is 0 Å². The minimum absolute atomic E-state index is 0.109. The zero-order valence-electron chi connectivity index (χ0n) is 8.83. The molecule has 2 aromatic rings. The van der Waals surface area contributed by atoms with E-state index in [1.165, 1.54) is 6.07 Å². The van der Waals surface area contributed by atoms with Gasteiger partial charge in [0.05, 0.1) is 16.7 Å². The van der Waals surface area contributed by atoms with Gasteiger partial charge >= 0.3 is 0 Å². The normalized spacial score (nSPS) is 10.3. The molecule has 0 unspecified atom stereocenters. The van der Waals surface area contributed by atoms with Gasteiger partial charge in [0.15, 0.2) is 0 Å². The van der Waals surface area contributed by atoms with Crippen molar-refractivity contribution in [3.63, 3.8) is 0 Å². The van der Waals surface area contributed by atoms with Crippen molar-refractivity contribution in [1.29, 1.82) is 0 Å². The molecule has 0 aliphatic heterocycles. The van der Waals surface area contributed by atoms with Crippen LogP contribution >= 0.6 is 0 Å². The second-order valence-electron chi connectivity index (χ2n) is 3.36. The van der Waals surface area contributed by atoms with Crippen LogP contribution in [0, 0.1) is 10.1 Å². The van der Waals surface area contributed by atoms with Crippen LogP contribution in [-0.4, -0.2) is 14.7 Å². The van der Waals surface area contributed by atoms with E-state index in [0.717, 1.165) is 12.1 Å². The molecule has 0 aliphatic carbocycles. The standard InChI is InChI=1S/C11H11N3O2/c1-2-13-8-9(7-12-13)10-5-3-4-6-11(10)14(15)16/h3-8H,2H2,1H3. The number of hydrogen-bond donors (Lipinski definition) is 0. The molecule has 0 fully saturated rings. The van der Waals surface area contributed by atoms with Gasteiger partial charge in [0, 0.05) is 24.4 Å². The van der Waals surface area contributed by atoms with E-state index < -0.39 is 0 Å². The van der Waals surface area contributed by atoms with Crippen molar-refractivity contribution in [3.8, 4) is 11.1 Å². The molecule has 16 heavy (non-hydrogen) atoms. The van der Waals surface area contributed by atoms with Crippen LogP contribution in [0.1, 0.15) is 6.92 Å². The molecule has 5 nitrogen and oxygen atoms in total. The van der Waals surface area contributed by atoms with Gasteiger partial charge in [0.25, 0.3) is 5.69 Å². The van der Waals surface area contributed by atoms with Crippen LogP contribution in [0.25, 0.3) is 11.1 Å². The smallest absolute Gasteiger partial charge is 0.272 e. The van der Waals surface area contributed by atoms with Gasteiger partial charge in [-0.1, -0.05) is 12.1 Å². The van der Waals surface area contributed by atoms with Gasteiger partial charge in [-0.3, -0.25) is 14.8 Å². The summed E-state index contributed by atoms with van der Waals surface area (Å²) >= 11 is 0. The Morgan fingerprint density at radius 3 is 2.81 bits per heavy atom. The van der Waals surface area contributed by atoms with Gasteiger partial charge in [-0.15, -0.1) is 0 Å². The van der Waals surface area contributed by atoms with Crippen LogP contribution in [0.3, 0.4) is 0 Å². The van der Waals surface area contributed by atoms with Gasteiger partial charge in [-0.2, -0.15) is 5.10 Å². The second-order valence-corrected chi connectivity index (χ2v) is 3.36. The molecule has 0 amide bonds. The summed E-state index contributed by atoms with van der Waals surface area (Å²) in [5.41, 5.74) is 1.49. The SMILES string of the molecule is CCn1cc(-c2ccccc2[N+](=O)[O-])cn1. The highest BCUT2D eigenvalue weighted by Crippen LogP contribution is 2.28. The van der Waals surface area contributed by atoms with E-state index in [1.807, 2.05) is 13.1 Å². The maximum Gasteiger partial charge on any atom is 0.277 e. The minimum Gasteiger partial charge on any atom is -0.272 e. The summed E-state index contributed by atoms with van der Waals surface area (Å²) in [4.78, 5) is 10.5. The molecule has 5 heteroatoms. The van der Waals surface area contributed by atoms with Gasteiger partial charge in [0.2, 0.25) is 0 Å². The third-order valence-electron chi connectivity index (χ3n) is 2.37. The molecule has 2 rings (SSSR count). The molecule has 0 saturated carbocycles. The number of nitro groups is 1. The summed E-state index contributed by atoms with van der Waals surface area (Å²) in [6.07, 6.45) is 3.45. The number of hydrogen-bond acceptors (Lipinski definition) is 3. The number of benzene rings is 1. The summed E-state index contributed by atoms with van der Waals surface area (Å²) in [7, 11) is 0. The van der Waals surface area contributed by atoms with Crippen molar-refractivity contribution in [3.05, 3.63) is 46.8 Å². The fourth-order valence-electron chi connectivity index (χ4n) is 1.55. The number of para-hydroxylation sites is 1. The van der Waals surface area contributed by atoms with Crippen molar-refractivity contribution < 1.29 is 4.92 Å². The first-order valence-electron chi connectivity index (χ1n) is 4.98. The van der Waals surface area contributed by atoms with Crippen LogP contribution in [0.5, 0.6) is 0 Å². The predicted octanol–water partition coefficient (Wildman–Crippen LogP) is 2.48. The maximum absolute atomic E-state index is 10.8. The average molecular weight is 217 g/mol. The number of aryl methyl sites for hydroxylation is 1. The molecule has 0 N–H and O–H groups in total. The lowest BCUT2D eigenvalue weighted by molar-refractivity contribution is -0.384. The van der Waals surface area contributed by atoms with E-state index in [1.54, 1.807) is 29.1 Å². The van der Waals surface area contributed by atoms with Gasteiger partial charge in [0.1, 0.15) is 0 Å². The summed E-state index contributed by atoms with van der Waals surface area (Å²) < 4.78 is 1.74. The largest absolute Gasteiger partial charge is 0.277 e. The number of nitrogens with zero attached hydrogens (tertiary/aromatic N) is 3. The third kappa shape index (κ3) is 1.79. The van der Waals surface area contributed by atoms with Gasteiger partial charge in [-0.25, -0.2) is 0 Å². The van der Waals surface area contributed by atoms with E-state index >= 15 is 0 Å². The van der Waals surface area contributed by atoms with E-state index in [-0.39, 0.29) is 10.6 Å². The lowest BCUT2D eigenvalue weighted by Gasteiger charge is -1.98. The van der Waals surface area contributed by atoms with Crippen molar-refractivity contribution in [1.82, 2.24) is 9.78 Å². The molecule has 0 saturated heterocycles. The minimum atomic E-state index is -0.376. The molecule has 1 aromatic heterocycles. The zero-order valence-corrected chi connectivity index (χ0v) is 8.83. The Kier molecular flexibility index (Phi) is 2.68. The van der Waals surface area contributed by atoms with Crippen molar-refractivity contribution in [2.75, 3.05) is 0 Å². The lowest BCUT2D eigenvalue weighted by Crippen LogP contribution is -1.92. The average Bonchev–Trinajstić information content (AvgIpc) is 2.77. The van der Waals surface area contributed by atoms with Crippen LogP contribution in [0.15, 0.2) is 36.7 Å². The quantitative estimate of drug-likeness (QED) is 0.586. The Balaban J connectivity index is 2.50. The predicted molar refractivity (Wildman–Crippen MR) is 60.0 cm³/mol. The summed E-state index contributed by atoms with van der Waals surface area (Å²) in [6.45, 7) is 2.72. The van der Waals surface area contributed by atoms with Gasteiger partial charge in [-0.05, 0) is 13.0 Å². The Morgan fingerprint density at radius 1 is 1.44 bits per heavy atom. The first-order valence-corrected chi connectivity index (χ1v) is 4.98. The highest BCUT2D eigenvalue weighted by molar-refractivity contribution is 5.72.